The molecule has 1 atom stereocenters. The number of hydrogen-bond donors (Lipinski definition) is 1. The highest BCUT2D eigenvalue weighted by atomic mass is 16.5. The Hall–Kier alpha value is -0.860. The summed E-state index contributed by atoms with van der Waals surface area (Å²) in [6.45, 7) is 6.68. The van der Waals surface area contributed by atoms with Crippen LogP contribution in [0, 0.1) is 12.8 Å². The zero-order chi connectivity index (χ0) is 12.5. The molecule has 2 nitrogen and oxygen atoms in total. The van der Waals surface area contributed by atoms with Crippen LogP contribution in [0.4, 0.5) is 0 Å². The molecule has 0 amide bonds. The second kappa shape index (κ2) is 8.26. The normalized spacial score (nSPS) is 12.6. The molecular formula is C15H25NO. The Bertz CT molecular complexity index is 294. The molecule has 0 saturated carbocycles. The van der Waals surface area contributed by atoms with Gasteiger partial charge in [0.15, 0.2) is 0 Å². The lowest BCUT2D eigenvalue weighted by Crippen LogP contribution is -2.19. The zero-order valence-corrected chi connectivity index (χ0v) is 11.1. The van der Waals surface area contributed by atoms with Gasteiger partial charge in [-0.1, -0.05) is 36.8 Å². The lowest BCUT2D eigenvalue weighted by Gasteiger charge is -2.15. The van der Waals surface area contributed by atoms with Crippen LogP contribution in [0.5, 0.6) is 0 Å². The molecule has 2 heteroatoms. The number of hydrogen-bond acceptors (Lipinski definition) is 2. The fourth-order valence-electron chi connectivity index (χ4n) is 1.86. The topological polar surface area (TPSA) is 35.2 Å². The molecule has 0 aromatic heterocycles. The largest absolute Gasteiger partial charge is 0.381 e. The molecule has 0 spiro atoms. The molecule has 0 bridgehead atoms. The highest BCUT2D eigenvalue weighted by Crippen LogP contribution is 2.12. The molecule has 0 aliphatic carbocycles. The van der Waals surface area contributed by atoms with Gasteiger partial charge in [0.1, 0.15) is 0 Å². The van der Waals surface area contributed by atoms with E-state index in [0.29, 0.717) is 5.92 Å². The molecule has 96 valence electrons. The summed E-state index contributed by atoms with van der Waals surface area (Å²) >= 11 is 0. The van der Waals surface area contributed by atoms with Crippen molar-refractivity contribution in [2.24, 2.45) is 11.7 Å². The van der Waals surface area contributed by atoms with E-state index in [1.165, 1.54) is 11.1 Å². The number of nitrogens with two attached hydrogens (primary N) is 1. The van der Waals surface area contributed by atoms with Crippen molar-refractivity contribution in [1.29, 1.82) is 0 Å². The van der Waals surface area contributed by atoms with Crippen molar-refractivity contribution in [2.45, 2.75) is 33.1 Å². The van der Waals surface area contributed by atoms with Gasteiger partial charge in [-0.2, -0.15) is 0 Å². The summed E-state index contributed by atoms with van der Waals surface area (Å²) in [7, 11) is 0. The first kappa shape index (κ1) is 14.2. The van der Waals surface area contributed by atoms with E-state index in [4.69, 9.17) is 10.5 Å². The van der Waals surface area contributed by atoms with E-state index in [0.717, 1.165) is 39.0 Å². The summed E-state index contributed by atoms with van der Waals surface area (Å²) in [5.41, 5.74) is 8.50. The molecule has 2 N–H and O–H groups in total. The van der Waals surface area contributed by atoms with Crippen LogP contribution in [0.25, 0.3) is 0 Å². The average Bonchev–Trinajstić information content (AvgIpc) is 2.35. The zero-order valence-electron chi connectivity index (χ0n) is 11.1. The molecular weight excluding hydrogens is 210 g/mol. The SMILES string of the molecule is CCCOCCC(CN)Cc1ccc(C)cc1. The van der Waals surface area contributed by atoms with Crippen LogP contribution in [-0.2, 0) is 11.2 Å². The standard InChI is InChI=1S/C15H25NO/c1-3-9-17-10-8-15(12-16)11-14-6-4-13(2)5-7-14/h4-7,15H,3,8-12,16H2,1-2H3. The van der Waals surface area contributed by atoms with E-state index in [9.17, 15) is 0 Å². The molecule has 1 rings (SSSR count). The minimum Gasteiger partial charge on any atom is -0.381 e. The molecule has 17 heavy (non-hydrogen) atoms. The predicted molar refractivity (Wildman–Crippen MR) is 73.2 cm³/mol. The lowest BCUT2D eigenvalue weighted by atomic mass is 9.96. The van der Waals surface area contributed by atoms with Crippen LogP contribution in [0.15, 0.2) is 24.3 Å². The van der Waals surface area contributed by atoms with E-state index >= 15 is 0 Å². The second-order valence-electron chi connectivity index (χ2n) is 4.69. The van der Waals surface area contributed by atoms with Gasteiger partial charge in [-0.15, -0.1) is 0 Å². The Balaban J connectivity index is 2.33. The minimum atomic E-state index is 0.537. The third-order valence-corrected chi connectivity index (χ3v) is 3.00. The van der Waals surface area contributed by atoms with Gasteiger partial charge in [-0.3, -0.25) is 0 Å². The van der Waals surface area contributed by atoms with Crippen molar-refractivity contribution >= 4 is 0 Å². The Kier molecular flexibility index (Phi) is 6.90. The van der Waals surface area contributed by atoms with E-state index < -0.39 is 0 Å². The maximum atomic E-state index is 5.81. The average molecular weight is 235 g/mol. The van der Waals surface area contributed by atoms with Crippen molar-refractivity contribution < 1.29 is 4.74 Å². The molecule has 0 fully saturated rings. The van der Waals surface area contributed by atoms with Crippen LogP contribution < -0.4 is 5.73 Å². The van der Waals surface area contributed by atoms with Gasteiger partial charge in [0.25, 0.3) is 0 Å². The van der Waals surface area contributed by atoms with Crippen LogP contribution in [0.1, 0.15) is 30.9 Å². The van der Waals surface area contributed by atoms with E-state index in [1.807, 2.05) is 0 Å². The van der Waals surface area contributed by atoms with E-state index in [1.54, 1.807) is 0 Å². The summed E-state index contributed by atoms with van der Waals surface area (Å²) in [4.78, 5) is 0. The molecule has 1 unspecified atom stereocenters. The van der Waals surface area contributed by atoms with Crippen LogP contribution in [0.2, 0.25) is 0 Å². The van der Waals surface area contributed by atoms with Gasteiger partial charge in [-0.05, 0) is 44.2 Å². The predicted octanol–water partition coefficient (Wildman–Crippen LogP) is 2.93. The molecule has 0 aliphatic rings. The Morgan fingerprint density at radius 3 is 2.47 bits per heavy atom. The quantitative estimate of drug-likeness (QED) is 0.703. The van der Waals surface area contributed by atoms with Gasteiger partial charge in [0.05, 0.1) is 0 Å². The van der Waals surface area contributed by atoms with Gasteiger partial charge >= 0.3 is 0 Å². The van der Waals surface area contributed by atoms with Crippen LogP contribution >= 0.6 is 0 Å². The van der Waals surface area contributed by atoms with E-state index in [2.05, 4.69) is 38.1 Å². The smallest absolute Gasteiger partial charge is 0.0469 e. The Labute approximate surface area is 105 Å². The first-order valence-electron chi connectivity index (χ1n) is 6.59. The molecule has 0 aliphatic heterocycles. The molecule has 0 saturated heterocycles. The van der Waals surface area contributed by atoms with Gasteiger partial charge < -0.3 is 10.5 Å². The Morgan fingerprint density at radius 1 is 1.18 bits per heavy atom. The summed E-state index contributed by atoms with van der Waals surface area (Å²) < 4.78 is 5.52. The highest BCUT2D eigenvalue weighted by molar-refractivity contribution is 5.21. The first-order valence-corrected chi connectivity index (χ1v) is 6.59. The third kappa shape index (κ3) is 5.85. The Morgan fingerprint density at radius 2 is 1.88 bits per heavy atom. The summed E-state index contributed by atoms with van der Waals surface area (Å²) in [6.07, 6.45) is 3.21. The molecule has 1 aromatic carbocycles. The van der Waals surface area contributed by atoms with Gasteiger partial charge in [-0.25, -0.2) is 0 Å². The molecule has 1 aromatic rings. The number of rotatable bonds is 8. The molecule has 0 heterocycles. The van der Waals surface area contributed by atoms with Gasteiger partial charge in [0.2, 0.25) is 0 Å². The van der Waals surface area contributed by atoms with Crippen molar-refractivity contribution in [3.8, 4) is 0 Å². The maximum Gasteiger partial charge on any atom is 0.0469 e. The van der Waals surface area contributed by atoms with Crippen molar-refractivity contribution in [2.75, 3.05) is 19.8 Å². The van der Waals surface area contributed by atoms with Crippen molar-refractivity contribution in [3.63, 3.8) is 0 Å². The fraction of sp³-hybridized carbons (Fsp3) is 0.600. The fourth-order valence-corrected chi connectivity index (χ4v) is 1.86. The van der Waals surface area contributed by atoms with Gasteiger partial charge in [0, 0.05) is 13.2 Å². The summed E-state index contributed by atoms with van der Waals surface area (Å²) in [5, 5.41) is 0. The number of benzene rings is 1. The van der Waals surface area contributed by atoms with E-state index in [-0.39, 0.29) is 0 Å². The summed E-state index contributed by atoms with van der Waals surface area (Å²) in [6, 6.07) is 8.72. The maximum absolute atomic E-state index is 5.81. The number of ether oxygens (including phenoxy) is 1. The third-order valence-electron chi connectivity index (χ3n) is 3.00. The van der Waals surface area contributed by atoms with Crippen molar-refractivity contribution in [1.82, 2.24) is 0 Å². The summed E-state index contributed by atoms with van der Waals surface area (Å²) in [5.74, 6) is 0.537. The minimum absolute atomic E-state index is 0.537. The van der Waals surface area contributed by atoms with Crippen LogP contribution in [0.3, 0.4) is 0 Å². The lowest BCUT2D eigenvalue weighted by molar-refractivity contribution is 0.121. The van der Waals surface area contributed by atoms with Crippen LogP contribution in [-0.4, -0.2) is 19.8 Å². The molecule has 0 radical (unpaired) electrons. The first-order chi connectivity index (χ1) is 8.26. The highest BCUT2D eigenvalue weighted by Gasteiger charge is 2.07. The monoisotopic (exact) mass is 235 g/mol. The second-order valence-corrected chi connectivity index (χ2v) is 4.69. The van der Waals surface area contributed by atoms with Crippen molar-refractivity contribution in [3.05, 3.63) is 35.4 Å². The number of aryl methyl sites for hydroxylation is 1.